The highest BCUT2D eigenvalue weighted by Crippen LogP contribution is 2.38. The lowest BCUT2D eigenvalue weighted by molar-refractivity contribution is -0.138. The lowest BCUT2D eigenvalue weighted by Crippen LogP contribution is -2.49. The number of carbonyl (C=O) groups is 1. The van der Waals surface area contributed by atoms with Crippen LogP contribution < -0.4 is 0 Å². The van der Waals surface area contributed by atoms with Gasteiger partial charge in [0.05, 0.1) is 18.0 Å². The van der Waals surface area contributed by atoms with Gasteiger partial charge in [-0.2, -0.15) is 0 Å². The first-order chi connectivity index (χ1) is 13.8. The van der Waals surface area contributed by atoms with E-state index in [1.54, 1.807) is 35.5 Å². The number of hydrogen-bond acceptors (Lipinski definition) is 4. The van der Waals surface area contributed by atoms with E-state index in [4.69, 9.17) is 16.3 Å². The van der Waals surface area contributed by atoms with Gasteiger partial charge in [0.25, 0.3) is 0 Å². The van der Waals surface area contributed by atoms with Gasteiger partial charge in [-0.15, -0.1) is 0 Å². The van der Waals surface area contributed by atoms with Crippen molar-refractivity contribution in [3.05, 3.63) is 34.9 Å². The van der Waals surface area contributed by atoms with E-state index in [2.05, 4.69) is 0 Å². The molecule has 29 heavy (non-hydrogen) atoms. The summed E-state index contributed by atoms with van der Waals surface area (Å²) in [4.78, 5) is 13.9. The summed E-state index contributed by atoms with van der Waals surface area (Å²) in [5, 5.41) is 0.487. The molecule has 3 heterocycles. The predicted molar refractivity (Wildman–Crippen MR) is 112 cm³/mol. The Balaban J connectivity index is 1.29. The number of amides is 1. The summed E-state index contributed by atoms with van der Waals surface area (Å²) in [5.74, 6) is 0.110. The van der Waals surface area contributed by atoms with Gasteiger partial charge in [0.1, 0.15) is 0 Å². The monoisotopic (exact) mass is 440 g/mol. The van der Waals surface area contributed by atoms with Crippen LogP contribution in [-0.2, 0) is 25.3 Å². The summed E-state index contributed by atoms with van der Waals surface area (Å²) in [5.41, 5.74) is 0.639. The Morgan fingerprint density at radius 2 is 1.69 bits per heavy atom. The van der Waals surface area contributed by atoms with Crippen molar-refractivity contribution in [3.63, 3.8) is 0 Å². The SMILES string of the molecule is CC(=O)N1[C@@H]2CC[C@H]1CC(OC1CCN(S(=O)(=O)Cc3ccccc3Cl)CC1)C2. The maximum absolute atomic E-state index is 12.8. The van der Waals surface area contributed by atoms with E-state index in [1.165, 1.54) is 0 Å². The minimum absolute atomic E-state index is 0.0644. The normalized spacial score (nSPS) is 28.6. The third kappa shape index (κ3) is 4.63. The molecule has 3 aliphatic heterocycles. The van der Waals surface area contributed by atoms with Crippen LogP contribution in [0.4, 0.5) is 0 Å². The molecule has 1 aromatic carbocycles. The Bertz CT molecular complexity index is 840. The van der Waals surface area contributed by atoms with Crippen molar-refractivity contribution in [2.75, 3.05) is 13.1 Å². The smallest absolute Gasteiger partial charge is 0.219 e. The van der Waals surface area contributed by atoms with Crippen LogP contribution in [0.3, 0.4) is 0 Å². The molecule has 1 unspecified atom stereocenters. The zero-order valence-corrected chi connectivity index (χ0v) is 18.4. The van der Waals surface area contributed by atoms with Crippen molar-refractivity contribution in [3.8, 4) is 0 Å². The quantitative estimate of drug-likeness (QED) is 0.705. The molecule has 160 valence electrons. The molecule has 0 aliphatic carbocycles. The average Bonchev–Trinajstić information content (AvgIpc) is 2.95. The van der Waals surface area contributed by atoms with Crippen LogP contribution in [0.15, 0.2) is 24.3 Å². The molecule has 0 radical (unpaired) electrons. The Morgan fingerprint density at radius 1 is 1.07 bits per heavy atom. The molecule has 4 rings (SSSR count). The number of sulfonamides is 1. The van der Waals surface area contributed by atoms with Gasteiger partial charge < -0.3 is 9.64 Å². The highest BCUT2D eigenvalue weighted by molar-refractivity contribution is 7.88. The summed E-state index contributed by atoms with van der Waals surface area (Å²) in [6, 6.07) is 7.71. The van der Waals surface area contributed by atoms with Gasteiger partial charge in [0.2, 0.25) is 15.9 Å². The lowest BCUT2D eigenvalue weighted by atomic mass is 9.98. The molecule has 6 nitrogen and oxygen atoms in total. The van der Waals surface area contributed by atoms with Gasteiger partial charge in [0.15, 0.2) is 0 Å². The number of halogens is 1. The molecule has 8 heteroatoms. The van der Waals surface area contributed by atoms with Crippen LogP contribution >= 0.6 is 11.6 Å². The molecular weight excluding hydrogens is 412 g/mol. The van der Waals surface area contributed by atoms with Crippen molar-refractivity contribution < 1.29 is 17.9 Å². The summed E-state index contributed by atoms with van der Waals surface area (Å²) in [6.07, 6.45) is 5.65. The minimum atomic E-state index is -3.39. The van der Waals surface area contributed by atoms with Crippen molar-refractivity contribution in [2.45, 2.75) is 75.5 Å². The molecule has 2 bridgehead atoms. The van der Waals surface area contributed by atoms with Gasteiger partial charge in [0, 0.05) is 37.1 Å². The van der Waals surface area contributed by atoms with Crippen LogP contribution in [0.25, 0.3) is 0 Å². The van der Waals surface area contributed by atoms with E-state index in [0.717, 1.165) is 25.7 Å². The van der Waals surface area contributed by atoms with Crippen LogP contribution in [0.2, 0.25) is 5.02 Å². The Morgan fingerprint density at radius 3 is 2.28 bits per heavy atom. The van der Waals surface area contributed by atoms with Crippen molar-refractivity contribution in [1.29, 1.82) is 0 Å². The molecule has 3 saturated heterocycles. The predicted octanol–water partition coefficient (Wildman–Crippen LogP) is 3.19. The second-order valence-corrected chi connectivity index (χ2v) is 10.9. The molecule has 0 aromatic heterocycles. The summed E-state index contributed by atoms with van der Waals surface area (Å²) in [7, 11) is -3.39. The van der Waals surface area contributed by atoms with E-state index < -0.39 is 10.0 Å². The summed E-state index contributed by atoms with van der Waals surface area (Å²) < 4.78 is 33.5. The fourth-order valence-electron chi connectivity index (χ4n) is 5.17. The fourth-order valence-corrected chi connectivity index (χ4v) is 7.05. The van der Waals surface area contributed by atoms with Gasteiger partial charge in [-0.05, 0) is 50.2 Å². The molecular formula is C21H29ClN2O4S. The Hall–Kier alpha value is -1.15. The highest BCUT2D eigenvalue weighted by Gasteiger charge is 2.43. The van der Waals surface area contributed by atoms with E-state index in [1.807, 2.05) is 4.90 Å². The molecule has 3 aliphatic rings. The third-order valence-corrected chi connectivity index (χ3v) is 8.72. The number of ether oxygens (including phenoxy) is 1. The molecule has 0 saturated carbocycles. The van der Waals surface area contributed by atoms with Crippen LogP contribution in [0, 0.1) is 0 Å². The number of carbonyl (C=O) groups excluding carboxylic acids is 1. The number of fused-ring (bicyclic) bond motifs is 2. The first-order valence-electron chi connectivity index (χ1n) is 10.5. The molecule has 0 spiro atoms. The Kier molecular flexibility index (Phi) is 6.21. The third-order valence-electron chi connectivity index (χ3n) is 6.53. The second kappa shape index (κ2) is 8.53. The number of rotatable bonds is 5. The van der Waals surface area contributed by atoms with Crippen LogP contribution in [0.5, 0.6) is 0 Å². The Labute approximate surface area is 178 Å². The van der Waals surface area contributed by atoms with Gasteiger partial charge in [-0.3, -0.25) is 4.79 Å². The van der Waals surface area contributed by atoms with E-state index in [0.29, 0.717) is 48.6 Å². The maximum atomic E-state index is 12.8. The largest absolute Gasteiger partial charge is 0.375 e. The minimum Gasteiger partial charge on any atom is -0.375 e. The molecule has 1 amide bonds. The lowest BCUT2D eigenvalue weighted by Gasteiger charge is -2.40. The van der Waals surface area contributed by atoms with Crippen molar-refractivity contribution in [1.82, 2.24) is 9.21 Å². The zero-order chi connectivity index (χ0) is 20.6. The molecule has 0 N–H and O–H groups in total. The zero-order valence-electron chi connectivity index (χ0n) is 16.8. The first-order valence-corrected chi connectivity index (χ1v) is 12.5. The highest BCUT2D eigenvalue weighted by atomic mass is 35.5. The second-order valence-electron chi connectivity index (χ2n) is 8.49. The van der Waals surface area contributed by atoms with E-state index in [-0.39, 0.29) is 23.9 Å². The topological polar surface area (TPSA) is 66.9 Å². The van der Waals surface area contributed by atoms with Crippen LogP contribution in [-0.4, -0.2) is 60.9 Å². The molecule has 3 fully saturated rings. The first kappa shape index (κ1) is 21.1. The number of piperidine rings is 2. The maximum Gasteiger partial charge on any atom is 0.219 e. The summed E-state index contributed by atoms with van der Waals surface area (Å²) in [6.45, 7) is 2.62. The summed E-state index contributed by atoms with van der Waals surface area (Å²) >= 11 is 6.13. The van der Waals surface area contributed by atoms with Gasteiger partial charge in [-0.25, -0.2) is 12.7 Å². The standard InChI is InChI=1S/C21H29ClN2O4S/c1-15(25)24-17-6-7-18(24)13-20(12-17)28-19-8-10-23(11-9-19)29(26,27)14-16-4-2-3-5-21(16)22/h2-5,17-20H,6-14H2,1H3/t17-,18+,20?. The molecule has 3 atom stereocenters. The van der Waals surface area contributed by atoms with Crippen molar-refractivity contribution >= 4 is 27.5 Å². The van der Waals surface area contributed by atoms with Gasteiger partial charge in [-0.1, -0.05) is 29.8 Å². The van der Waals surface area contributed by atoms with Crippen molar-refractivity contribution in [2.24, 2.45) is 0 Å². The fraction of sp³-hybridized carbons (Fsp3) is 0.667. The van der Waals surface area contributed by atoms with Gasteiger partial charge >= 0.3 is 0 Å². The number of nitrogens with zero attached hydrogens (tertiary/aromatic N) is 2. The average molecular weight is 441 g/mol. The van der Waals surface area contributed by atoms with E-state index >= 15 is 0 Å². The van der Waals surface area contributed by atoms with Crippen LogP contribution in [0.1, 0.15) is 51.0 Å². The number of benzene rings is 1. The number of hydrogen-bond donors (Lipinski definition) is 0. The van der Waals surface area contributed by atoms with E-state index in [9.17, 15) is 13.2 Å². The molecule has 1 aromatic rings.